The zero-order chi connectivity index (χ0) is 12.0. The zero-order valence-electron chi connectivity index (χ0n) is 9.41. The van der Waals surface area contributed by atoms with Gasteiger partial charge in [0.2, 0.25) is 0 Å². The van der Waals surface area contributed by atoms with Gasteiger partial charge in [-0.15, -0.1) is 0 Å². The van der Waals surface area contributed by atoms with Crippen LogP contribution in [-0.2, 0) is 0 Å². The molecular weight excluding hydrogens is 226 g/mol. The zero-order valence-corrected chi connectivity index (χ0v) is 10.2. The maximum atomic E-state index is 8.86. The topological polar surface area (TPSA) is 71.2 Å². The van der Waals surface area contributed by atoms with Crippen LogP contribution in [0.3, 0.4) is 0 Å². The van der Waals surface area contributed by atoms with Crippen LogP contribution >= 0.6 is 11.6 Å². The van der Waals surface area contributed by atoms with Crippen LogP contribution in [0.4, 0.5) is 11.5 Å². The van der Waals surface area contributed by atoms with Gasteiger partial charge >= 0.3 is 0 Å². The van der Waals surface area contributed by atoms with E-state index in [2.05, 4.69) is 10.3 Å². The summed E-state index contributed by atoms with van der Waals surface area (Å²) in [6.45, 7) is 3.05. The van der Waals surface area contributed by atoms with Crippen LogP contribution in [0.15, 0.2) is 12.3 Å². The maximum absolute atomic E-state index is 8.86. The largest absolute Gasteiger partial charge is 0.396 e. The number of hydrogen-bond acceptors (Lipinski definition) is 4. The molecule has 0 bridgehead atoms. The molecule has 0 aliphatic heterocycles. The van der Waals surface area contributed by atoms with Gasteiger partial charge in [-0.25, -0.2) is 4.98 Å². The Morgan fingerprint density at radius 2 is 2.38 bits per heavy atom. The van der Waals surface area contributed by atoms with Crippen molar-refractivity contribution in [3.8, 4) is 0 Å². The minimum absolute atomic E-state index is 0.237. The van der Waals surface area contributed by atoms with Crippen LogP contribution in [0.1, 0.15) is 19.8 Å². The first kappa shape index (κ1) is 13.1. The number of rotatable bonds is 6. The summed E-state index contributed by atoms with van der Waals surface area (Å²) in [7, 11) is 0. The van der Waals surface area contributed by atoms with E-state index < -0.39 is 0 Å². The standard InChI is InChI=1S/C11H18ClN3O/c1-8(7-16)3-2-4-14-11-10(13)5-9(12)6-15-11/h5-6,8,16H,2-4,7,13H2,1H3,(H,14,15). The molecule has 4 N–H and O–H groups in total. The van der Waals surface area contributed by atoms with Crippen molar-refractivity contribution in [3.05, 3.63) is 17.3 Å². The number of nitrogens with zero attached hydrogens (tertiary/aromatic N) is 1. The van der Waals surface area contributed by atoms with Crippen LogP contribution in [0, 0.1) is 5.92 Å². The molecule has 0 aromatic carbocycles. The number of nitrogens with one attached hydrogen (secondary N) is 1. The molecule has 0 saturated carbocycles. The van der Waals surface area contributed by atoms with Crippen LogP contribution in [0.2, 0.25) is 5.02 Å². The number of aliphatic hydroxyl groups excluding tert-OH is 1. The third-order valence-electron chi connectivity index (χ3n) is 2.36. The molecule has 1 heterocycles. The molecule has 0 saturated heterocycles. The molecule has 1 aromatic rings. The van der Waals surface area contributed by atoms with Crippen LogP contribution in [0.25, 0.3) is 0 Å². The Morgan fingerprint density at radius 1 is 1.62 bits per heavy atom. The summed E-state index contributed by atoms with van der Waals surface area (Å²) in [6, 6.07) is 1.67. The molecule has 5 heteroatoms. The maximum Gasteiger partial charge on any atom is 0.149 e. The molecule has 0 aliphatic carbocycles. The average molecular weight is 244 g/mol. The number of halogens is 1. The summed E-state index contributed by atoms with van der Waals surface area (Å²) < 4.78 is 0. The Kier molecular flexibility index (Phi) is 5.35. The summed E-state index contributed by atoms with van der Waals surface area (Å²) in [4.78, 5) is 4.10. The number of hydrogen-bond donors (Lipinski definition) is 3. The summed E-state index contributed by atoms with van der Waals surface area (Å²) in [5.41, 5.74) is 6.30. The van der Waals surface area contributed by atoms with Crippen molar-refractivity contribution in [3.63, 3.8) is 0 Å². The fourth-order valence-electron chi connectivity index (χ4n) is 1.35. The monoisotopic (exact) mass is 243 g/mol. The van der Waals surface area contributed by atoms with E-state index in [0.717, 1.165) is 19.4 Å². The lowest BCUT2D eigenvalue weighted by molar-refractivity contribution is 0.229. The number of nitrogen functional groups attached to an aromatic ring is 1. The molecule has 90 valence electrons. The molecule has 1 rings (SSSR count). The number of aromatic nitrogens is 1. The quantitative estimate of drug-likeness (QED) is 0.670. The first-order valence-corrected chi connectivity index (χ1v) is 5.77. The number of nitrogens with two attached hydrogens (primary N) is 1. The van der Waals surface area contributed by atoms with Crippen molar-refractivity contribution >= 4 is 23.1 Å². The Labute approximate surface area is 101 Å². The van der Waals surface area contributed by atoms with E-state index in [1.54, 1.807) is 12.3 Å². The van der Waals surface area contributed by atoms with Gasteiger partial charge in [0.25, 0.3) is 0 Å². The van der Waals surface area contributed by atoms with Gasteiger partial charge in [-0.1, -0.05) is 18.5 Å². The first-order chi connectivity index (χ1) is 7.63. The van der Waals surface area contributed by atoms with E-state index in [-0.39, 0.29) is 6.61 Å². The predicted octanol–water partition coefficient (Wildman–Crippen LogP) is 2.14. The second-order valence-electron chi connectivity index (χ2n) is 3.95. The Bertz CT molecular complexity index is 333. The molecule has 0 spiro atoms. The average Bonchev–Trinajstić information content (AvgIpc) is 2.26. The van der Waals surface area contributed by atoms with Gasteiger partial charge in [-0.2, -0.15) is 0 Å². The normalized spacial score (nSPS) is 12.4. The van der Waals surface area contributed by atoms with E-state index in [1.807, 2.05) is 6.92 Å². The lowest BCUT2D eigenvalue weighted by atomic mass is 10.1. The fourth-order valence-corrected chi connectivity index (χ4v) is 1.52. The molecule has 1 atom stereocenters. The SMILES string of the molecule is CC(CO)CCCNc1ncc(Cl)cc1N. The Hall–Kier alpha value is -1.00. The molecule has 1 unspecified atom stereocenters. The van der Waals surface area contributed by atoms with Crippen LogP contribution < -0.4 is 11.1 Å². The minimum atomic E-state index is 0.237. The molecule has 4 nitrogen and oxygen atoms in total. The highest BCUT2D eigenvalue weighted by Gasteiger charge is 2.02. The Morgan fingerprint density at radius 3 is 3.00 bits per heavy atom. The first-order valence-electron chi connectivity index (χ1n) is 5.39. The third-order valence-corrected chi connectivity index (χ3v) is 2.57. The molecule has 0 aliphatic rings. The molecule has 16 heavy (non-hydrogen) atoms. The van der Waals surface area contributed by atoms with Crippen molar-refractivity contribution < 1.29 is 5.11 Å². The fraction of sp³-hybridized carbons (Fsp3) is 0.545. The molecule has 0 radical (unpaired) electrons. The lowest BCUT2D eigenvalue weighted by Crippen LogP contribution is -2.08. The van der Waals surface area contributed by atoms with Crippen LogP contribution in [0.5, 0.6) is 0 Å². The molecule has 0 amide bonds. The summed E-state index contributed by atoms with van der Waals surface area (Å²) >= 11 is 5.74. The number of pyridine rings is 1. The predicted molar refractivity (Wildman–Crippen MR) is 67.6 cm³/mol. The van der Waals surface area contributed by atoms with Crippen molar-refractivity contribution in [2.45, 2.75) is 19.8 Å². The Balaban J connectivity index is 2.32. The highest BCUT2D eigenvalue weighted by molar-refractivity contribution is 6.30. The van der Waals surface area contributed by atoms with Crippen molar-refractivity contribution in [2.24, 2.45) is 5.92 Å². The van der Waals surface area contributed by atoms with Gasteiger partial charge in [-0.3, -0.25) is 0 Å². The number of anilines is 2. The second kappa shape index (κ2) is 6.55. The van der Waals surface area contributed by atoms with Crippen LogP contribution in [-0.4, -0.2) is 23.2 Å². The van der Waals surface area contributed by atoms with Gasteiger partial charge in [0.15, 0.2) is 0 Å². The highest BCUT2D eigenvalue weighted by atomic mass is 35.5. The van der Waals surface area contributed by atoms with E-state index >= 15 is 0 Å². The van der Waals surface area contributed by atoms with Gasteiger partial charge < -0.3 is 16.2 Å². The van der Waals surface area contributed by atoms with Gasteiger partial charge in [0, 0.05) is 19.3 Å². The van der Waals surface area contributed by atoms with Crippen molar-refractivity contribution in [2.75, 3.05) is 24.2 Å². The van der Waals surface area contributed by atoms with Gasteiger partial charge in [0.1, 0.15) is 5.82 Å². The molecular formula is C11H18ClN3O. The summed E-state index contributed by atoms with van der Waals surface area (Å²) in [5.74, 6) is 1.01. The third kappa shape index (κ3) is 4.24. The smallest absolute Gasteiger partial charge is 0.149 e. The molecule has 0 fully saturated rings. The second-order valence-corrected chi connectivity index (χ2v) is 4.38. The van der Waals surface area contributed by atoms with E-state index in [4.69, 9.17) is 22.4 Å². The molecule has 1 aromatic heterocycles. The van der Waals surface area contributed by atoms with E-state index in [0.29, 0.717) is 22.4 Å². The number of aliphatic hydroxyl groups is 1. The van der Waals surface area contributed by atoms with Gasteiger partial charge in [-0.05, 0) is 24.8 Å². The lowest BCUT2D eigenvalue weighted by Gasteiger charge is -2.10. The van der Waals surface area contributed by atoms with Gasteiger partial charge in [0.05, 0.1) is 10.7 Å². The summed E-state index contributed by atoms with van der Waals surface area (Å²) in [6.07, 6.45) is 3.53. The summed E-state index contributed by atoms with van der Waals surface area (Å²) in [5, 5.41) is 12.5. The van der Waals surface area contributed by atoms with Crippen molar-refractivity contribution in [1.29, 1.82) is 0 Å². The van der Waals surface area contributed by atoms with E-state index in [1.165, 1.54) is 0 Å². The highest BCUT2D eigenvalue weighted by Crippen LogP contribution is 2.19. The van der Waals surface area contributed by atoms with Crippen molar-refractivity contribution in [1.82, 2.24) is 4.98 Å². The minimum Gasteiger partial charge on any atom is -0.396 e. The van der Waals surface area contributed by atoms with E-state index in [9.17, 15) is 0 Å².